The van der Waals surface area contributed by atoms with E-state index in [0.29, 0.717) is 41.7 Å². The van der Waals surface area contributed by atoms with E-state index >= 15 is 0 Å². The van der Waals surface area contributed by atoms with E-state index in [1.807, 2.05) is 26.8 Å². The van der Waals surface area contributed by atoms with Crippen LogP contribution in [0.5, 0.6) is 11.5 Å². The molecule has 0 aliphatic rings. The van der Waals surface area contributed by atoms with Crippen LogP contribution >= 0.6 is 11.6 Å². The largest absolute Gasteiger partial charge is 0.493 e. The number of aromatic nitrogens is 1. The molecule has 0 aliphatic carbocycles. The number of aryl methyl sites for hydroxylation is 3. The van der Waals surface area contributed by atoms with E-state index in [9.17, 15) is 9.59 Å². The molecule has 9 heteroatoms. The quantitative estimate of drug-likeness (QED) is 0.353. The van der Waals surface area contributed by atoms with Crippen LogP contribution in [0.3, 0.4) is 0 Å². The molecule has 0 spiro atoms. The van der Waals surface area contributed by atoms with Gasteiger partial charge in [-0.15, -0.1) is 0 Å². The Bertz CT molecular complexity index is 1090. The van der Waals surface area contributed by atoms with Gasteiger partial charge in [-0.25, -0.2) is 0 Å². The topological polar surface area (TPSA) is 103 Å². The summed E-state index contributed by atoms with van der Waals surface area (Å²) < 4.78 is 16.5. The normalized spacial score (nSPS) is 10.5. The minimum absolute atomic E-state index is 0.210. The van der Waals surface area contributed by atoms with Gasteiger partial charge >= 0.3 is 0 Å². The molecule has 0 saturated carbocycles. The van der Waals surface area contributed by atoms with Gasteiger partial charge in [0.25, 0.3) is 5.91 Å². The minimum atomic E-state index is -0.423. The number of benzene rings is 2. The smallest absolute Gasteiger partial charge is 0.269 e. The van der Waals surface area contributed by atoms with E-state index in [2.05, 4.69) is 16.0 Å². The van der Waals surface area contributed by atoms with E-state index in [1.165, 1.54) is 0 Å². The predicted octanol–water partition coefficient (Wildman–Crippen LogP) is 4.45. The average molecular weight is 472 g/mol. The number of halogens is 1. The third-order valence-corrected chi connectivity index (χ3v) is 5.17. The van der Waals surface area contributed by atoms with Gasteiger partial charge in [-0.3, -0.25) is 20.4 Å². The fourth-order valence-corrected chi connectivity index (χ4v) is 3.24. The summed E-state index contributed by atoms with van der Waals surface area (Å²) >= 11 is 5.92. The van der Waals surface area contributed by atoms with Crippen LogP contribution in [0.15, 0.2) is 47.0 Å². The third-order valence-electron chi connectivity index (χ3n) is 4.94. The Morgan fingerprint density at radius 1 is 1.03 bits per heavy atom. The third kappa shape index (κ3) is 6.98. The standard InChI is InChI=1S/C24H26ClN3O5/c1-15-13-19(25)8-11-22(15)31-12-4-5-23(29)26-27-24(30)18-6-9-20(10-7-18)32-14-21-16(2)28-33-17(21)3/h6-11,13H,4-5,12,14H2,1-3H3,(H,26,29)(H,27,30). The van der Waals surface area contributed by atoms with E-state index in [-0.39, 0.29) is 12.3 Å². The summed E-state index contributed by atoms with van der Waals surface area (Å²) in [5.41, 5.74) is 7.82. The molecular weight excluding hydrogens is 446 g/mol. The molecule has 0 radical (unpaired) electrons. The van der Waals surface area contributed by atoms with Gasteiger partial charge in [0.15, 0.2) is 0 Å². The number of hydrogen-bond donors (Lipinski definition) is 2. The Morgan fingerprint density at radius 3 is 2.45 bits per heavy atom. The maximum Gasteiger partial charge on any atom is 0.269 e. The number of rotatable bonds is 9. The fourth-order valence-electron chi connectivity index (χ4n) is 3.02. The van der Waals surface area contributed by atoms with E-state index in [0.717, 1.165) is 22.6 Å². The van der Waals surface area contributed by atoms with Crippen molar-refractivity contribution in [3.05, 3.63) is 75.6 Å². The van der Waals surface area contributed by atoms with Crippen molar-refractivity contribution in [1.82, 2.24) is 16.0 Å². The summed E-state index contributed by atoms with van der Waals surface area (Å²) in [6.45, 7) is 6.28. The van der Waals surface area contributed by atoms with Gasteiger partial charge in [0.2, 0.25) is 5.91 Å². The summed E-state index contributed by atoms with van der Waals surface area (Å²) in [5.74, 6) is 1.32. The lowest BCUT2D eigenvalue weighted by atomic mass is 10.2. The van der Waals surface area contributed by atoms with E-state index in [4.69, 9.17) is 25.6 Å². The number of carbonyl (C=O) groups is 2. The van der Waals surface area contributed by atoms with Crippen molar-refractivity contribution in [1.29, 1.82) is 0 Å². The number of amides is 2. The highest BCUT2D eigenvalue weighted by Gasteiger charge is 2.11. The Labute approximate surface area is 197 Å². The number of ether oxygens (including phenoxy) is 2. The van der Waals surface area contributed by atoms with Gasteiger partial charge in [0.05, 0.1) is 17.9 Å². The van der Waals surface area contributed by atoms with Gasteiger partial charge < -0.3 is 14.0 Å². The highest BCUT2D eigenvalue weighted by molar-refractivity contribution is 6.30. The SMILES string of the molecule is Cc1cc(Cl)ccc1OCCCC(=O)NNC(=O)c1ccc(OCc2c(C)noc2C)cc1. The molecule has 2 aromatic carbocycles. The molecule has 0 fully saturated rings. The Kier molecular flexibility index (Phi) is 8.32. The Hall–Kier alpha value is -3.52. The second kappa shape index (κ2) is 11.4. The highest BCUT2D eigenvalue weighted by Crippen LogP contribution is 2.22. The van der Waals surface area contributed by atoms with Crippen molar-refractivity contribution in [2.75, 3.05) is 6.61 Å². The van der Waals surface area contributed by atoms with Gasteiger partial charge in [0.1, 0.15) is 23.9 Å². The summed E-state index contributed by atoms with van der Waals surface area (Å²) in [4.78, 5) is 24.2. The van der Waals surface area contributed by atoms with Crippen LogP contribution in [0.1, 0.15) is 45.8 Å². The zero-order valence-electron chi connectivity index (χ0n) is 18.7. The lowest BCUT2D eigenvalue weighted by molar-refractivity contribution is -0.122. The number of carbonyl (C=O) groups excluding carboxylic acids is 2. The molecule has 2 amide bonds. The summed E-state index contributed by atoms with van der Waals surface area (Å²) in [6.07, 6.45) is 0.711. The average Bonchev–Trinajstić information content (AvgIpc) is 3.12. The van der Waals surface area contributed by atoms with Crippen LogP contribution in [0.4, 0.5) is 0 Å². The molecular formula is C24H26ClN3O5. The Balaban J connectivity index is 1.36. The molecule has 0 bridgehead atoms. The van der Waals surface area contributed by atoms with Gasteiger partial charge in [0, 0.05) is 17.0 Å². The van der Waals surface area contributed by atoms with E-state index in [1.54, 1.807) is 36.4 Å². The van der Waals surface area contributed by atoms with Crippen molar-refractivity contribution < 1.29 is 23.6 Å². The first-order chi connectivity index (χ1) is 15.8. The monoisotopic (exact) mass is 471 g/mol. The minimum Gasteiger partial charge on any atom is -0.493 e. The highest BCUT2D eigenvalue weighted by atomic mass is 35.5. The van der Waals surface area contributed by atoms with Crippen molar-refractivity contribution in [3.8, 4) is 11.5 Å². The van der Waals surface area contributed by atoms with E-state index < -0.39 is 5.91 Å². The van der Waals surface area contributed by atoms with Crippen LogP contribution in [0.25, 0.3) is 0 Å². The summed E-state index contributed by atoms with van der Waals surface area (Å²) in [5, 5.41) is 4.54. The molecule has 0 aliphatic heterocycles. The maximum absolute atomic E-state index is 12.3. The van der Waals surface area contributed by atoms with Crippen LogP contribution in [-0.4, -0.2) is 23.6 Å². The molecule has 0 atom stereocenters. The molecule has 3 rings (SSSR count). The number of nitrogens with one attached hydrogen (secondary N) is 2. The molecule has 0 unspecified atom stereocenters. The van der Waals surface area contributed by atoms with Crippen molar-refractivity contribution in [2.24, 2.45) is 0 Å². The van der Waals surface area contributed by atoms with Crippen LogP contribution in [0.2, 0.25) is 5.02 Å². The van der Waals surface area contributed by atoms with Crippen molar-refractivity contribution in [3.63, 3.8) is 0 Å². The first kappa shape index (κ1) is 24.1. The molecule has 3 aromatic rings. The first-order valence-corrected chi connectivity index (χ1v) is 10.8. The predicted molar refractivity (Wildman–Crippen MR) is 123 cm³/mol. The lowest BCUT2D eigenvalue weighted by Gasteiger charge is -2.10. The lowest BCUT2D eigenvalue weighted by Crippen LogP contribution is -2.41. The van der Waals surface area contributed by atoms with Gasteiger partial charge in [-0.1, -0.05) is 16.8 Å². The van der Waals surface area contributed by atoms with Crippen LogP contribution in [-0.2, 0) is 11.4 Å². The second-order valence-corrected chi connectivity index (χ2v) is 7.92. The Morgan fingerprint density at radius 2 is 1.79 bits per heavy atom. The van der Waals surface area contributed by atoms with Gasteiger partial charge in [-0.2, -0.15) is 0 Å². The summed E-state index contributed by atoms with van der Waals surface area (Å²) in [6, 6.07) is 12.0. The second-order valence-electron chi connectivity index (χ2n) is 7.48. The maximum atomic E-state index is 12.3. The molecule has 2 N–H and O–H groups in total. The zero-order valence-corrected chi connectivity index (χ0v) is 19.5. The van der Waals surface area contributed by atoms with Crippen molar-refractivity contribution >= 4 is 23.4 Å². The molecule has 33 heavy (non-hydrogen) atoms. The van der Waals surface area contributed by atoms with Crippen LogP contribution in [0, 0.1) is 20.8 Å². The van der Waals surface area contributed by atoms with Crippen LogP contribution < -0.4 is 20.3 Å². The molecule has 0 saturated heterocycles. The van der Waals surface area contributed by atoms with Gasteiger partial charge in [-0.05, 0) is 75.2 Å². The first-order valence-electron chi connectivity index (χ1n) is 10.5. The molecule has 174 valence electrons. The number of hydrogen-bond acceptors (Lipinski definition) is 6. The fraction of sp³-hybridized carbons (Fsp3) is 0.292. The molecule has 1 heterocycles. The zero-order chi connectivity index (χ0) is 23.8. The number of nitrogens with zero attached hydrogens (tertiary/aromatic N) is 1. The van der Waals surface area contributed by atoms with Crippen molar-refractivity contribution in [2.45, 2.75) is 40.2 Å². The summed E-state index contributed by atoms with van der Waals surface area (Å²) in [7, 11) is 0. The molecule has 1 aromatic heterocycles. The molecule has 8 nitrogen and oxygen atoms in total. The number of hydrazine groups is 1.